The molecule has 6 heteroatoms. The summed E-state index contributed by atoms with van der Waals surface area (Å²) in [6.07, 6.45) is 0. The molecule has 0 aliphatic heterocycles. The average molecular weight is 260 g/mol. The van der Waals surface area contributed by atoms with Crippen molar-refractivity contribution >= 4 is 34.8 Å². The zero-order chi connectivity index (χ0) is 12.1. The van der Waals surface area contributed by atoms with E-state index in [2.05, 4.69) is 10.5 Å². The molecule has 16 heavy (non-hydrogen) atoms. The number of rotatable bonds is 3. The number of nitrogens with two attached hydrogens (primary N) is 1. The molecule has 1 rings (SSSR count). The van der Waals surface area contributed by atoms with Gasteiger partial charge in [0.2, 0.25) is 0 Å². The molecule has 1 amide bonds. The third-order valence-electron chi connectivity index (χ3n) is 1.85. The smallest absolute Gasteiger partial charge is 0.253 e. The van der Waals surface area contributed by atoms with Crippen molar-refractivity contribution in [3.05, 3.63) is 33.8 Å². The number of nitrogens with one attached hydrogen (secondary N) is 1. The molecule has 0 aliphatic rings. The molecular weight excluding hydrogens is 249 g/mol. The van der Waals surface area contributed by atoms with E-state index < -0.39 is 0 Å². The first-order valence-electron chi connectivity index (χ1n) is 4.53. The summed E-state index contributed by atoms with van der Waals surface area (Å²) in [5.41, 5.74) is 8.72. The largest absolute Gasteiger partial charge is 0.322 e. The standard InChI is InChI=1S/C10H11Cl2N3O/c1-6(14-15-10(16)5-13)8-3-2-7(11)4-9(8)12/h2-4H,5,13H2,1H3,(H,15,16)/b14-6-. The number of hydrogen-bond donors (Lipinski definition) is 2. The minimum atomic E-state index is -0.357. The van der Waals surface area contributed by atoms with Crippen LogP contribution in [0.5, 0.6) is 0 Å². The maximum absolute atomic E-state index is 10.9. The summed E-state index contributed by atoms with van der Waals surface area (Å²) in [7, 11) is 0. The van der Waals surface area contributed by atoms with Crippen molar-refractivity contribution in [1.29, 1.82) is 0 Å². The topological polar surface area (TPSA) is 67.5 Å². The predicted octanol–water partition coefficient (Wildman–Crippen LogP) is 1.79. The molecule has 0 heterocycles. The molecule has 0 unspecified atom stereocenters. The molecule has 0 bridgehead atoms. The van der Waals surface area contributed by atoms with Crippen LogP contribution in [0.3, 0.4) is 0 Å². The minimum Gasteiger partial charge on any atom is -0.322 e. The Bertz CT molecular complexity index is 432. The number of halogens is 2. The van der Waals surface area contributed by atoms with Crippen molar-refractivity contribution in [2.45, 2.75) is 6.92 Å². The molecule has 86 valence electrons. The van der Waals surface area contributed by atoms with Crippen molar-refractivity contribution in [3.63, 3.8) is 0 Å². The Morgan fingerprint density at radius 3 is 2.75 bits per heavy atom. The molecular formula is C10H11Cl2N3O. The molecule has 3 N–H and O–H groups in total. The Balaban J connectivity index is 2.87. The summed E-state index contributed by atoms with van der Waals surface area (Å²) in [6.45, 7) is 1.62. The number of benzene rings is 1. The number of amides is 1. The maximum Gasteiger partial charge on any atom is 0.253 e. The van der Waals surface area contributed by atoms with E-state index in [1.807, 2.05) is 0 Å². The fraction of sp³-hybridized carbons (Fsp3) is 0.200. The normalized spacial score (nSPS) is 11.4. The fourth-order valence-electron chi connectivity index (χ4n) is 1.03. The Morgan fingerprint density at radius 2 is 2.19 bits per heavy atom. The predicted molar refractivity (Wildman–Crippen MR) is 65.9 cm³/mol. The van der Waals surface area contributed by atoms with Crippen molar-refractivity contribution in [2.24, 2.45) is 10.8 Å². The highest BCUT2D eigenvalue weighted by Gasteiger charge is 2.05. The molecule has 0 saturated carbocycles. The summed E-state index contributed by atoms with van der Waals surface area (Å²) in [5.74, 6) is -0.357. The van der Waals surface area contributed by atoms with Gasteiger partial charge in [-0.25, -0.2) is 5.43 Å². The number of hydrazone groups is 1. The van der Waals surface area contributed by atoms with Gasteiger partial charge in [0.05, 0.1) is 17.3 Å². The second-order valence-electron chi connectivity index (χ2n) is 3.06. The van der Waals surface area contributed by atoms with Crippen LogP contribution in [-0.2, 0) is 4.79 Å². The summed E-state index contributed by atoms with van der Waals surface area (Å²) in [4.78, 5) is 10.9. The first-order valence-corrected chi connectivity index (χ1v) is 5.29. The first kappa shape index (κ1) is 13.0. The molecule has 4 nitrogen and oxygen atoms in total. The zero-order valence-electron chi connectivity index (χ0n) is 8.63. The number of carbonyl (C=O) groups excluding carboxylic acids is 1. The second kappa shape index (κ2) is 5.84. The van der Waals surface area contributed by atoms with Crippen molar-refractivity contribution in [2.75, 3.05) is 6.54 Å². The Morgan fingerprint density at radius 1 is 1.50 bits per heavy atom. The quantitative estimate of drug-likeness (QED) is 0.642. The fourth-order valence-corrected chi connectivity index (χ4v) is 1.58. The van der Waals surface area contributed by atoms with E-state index in [0.29, 0.717) is 21.3 Å². The van der Waals surface area contributed by atoms with Gasteiger partial charge < -0.3 is 5.73 Å². The van der Waals surface area contributed by atoms with Crippen LogP contribution in [0.1, 0.15) is 12.5 Å². The van der Waals surface area contributed by atoms with Gasteiger partial charge >= 0.3 is 0 Å². The van der Waals surface area contributed by atoms with Gasteiger partial charge in [0.25, 0.3) is 5.91 Å². The molecule has 1 aromatic rings. The Hall–Kier alpha value is -1.10. The summed E-state index contributed by atoms with van der Waals surface area (Å²) in [5, 5.41) is 4.90. The van der Waals surface area contributed by atoms with Crippen molar-refractivity contribution in [1.82, 2.24) is 5.43 Å². The number of hydrogen-bond acceptors (Lipinski definition) is 3. The lowest BCUT2D eigenvalue weighted by molar-refractivity contribution is -0.119. The monoisotopic (exact) mass is 259 g/mol. The molecule has 1 aromatic carbocycles. The number of nitrogens with zero attached hydrogens (tertiary/aromatic N) is 1. The lowest BCUT2D eigenvalue weighted by atomic mass is 10.1. The maximum atomic E-state index is 10.9. The van der Waals surface area contributed by atoms with Crippen LogP contribution in [0, 0.1) is 0 Å². The minimum absolute atomic E-state index is 0.106. The molecule has 0 saturated heterocycles. The van der Waals surface area contributed by atoms with Gasteiger partial charge in [0.1, 0.15) is 0 Å². The van der Waals surface area contributed by atoms with Crippen LogP contribution >= 0.6 is 23.2 Å². The molecule has 0 spiro atoms. The van der Waals surface area contributed by atoms with E-state index in [0.717, 1.165) is 0 Å². The summed E-state index contributed by atoms with van der Waals surface area (Å²) < 4.78 is 0. The third kappa shape index (κ3) is 3.48. The first-order chi connectivity index (χ1) is 7.54. The highest BCUT2D eigenvalue weighted by Crippen LogP contribution is 2.21. The molecule has 0 aliphatic carbocycles. The van der Waals surface area contributed by atoms with Crippen LogP contribution in [0.15, 0.2) is 23.3 Å². The average Bonchev–Trinajstić information content (AvgIpc) is 2.25. The van der Waals surface area contributed by atoms with Crippen LogP contribution in [-0.4, -0.2) is 18.2 Å². The zero-order valence-corrected chi connectivity index (χ0v) is 10.1. The van der Waals surface area contributed by atoms with E-state index in [-0.39, 0.29) is 12.5 Å². The third-order valence-corrected chi connectivity index (χ3v) is 2.40. The van der Waals surface area contributed by atoms with E-state index in [1.54, 1.807) is 25.1 Å². The second-order valence-corrected chi connectivity index (χ2v) is 3.90. The van der Waals surface area contributed by atoms with Gasteiger partial charge in [-0.15, -0.1) is 0 Å². The highest BCUT2D eigenvalue weighted by atomic mass is 35.5. The van der Waals surface area contributed by atoms with E-state index in [9.17, 15) is 4.79 Å². The van der Waals surface area contributed by atoms with Gasteiger partial charge in [-0.05, 0) is 19.1 Å². The summed E-state index contributed by atoms with van der Waals surface area (Å²) in [6, 6.07) is 5.05. The molecule has 0 radical (unpaired) electrons. The summed E-state index contributed by atoms with van der Waals surface area (Å²) >= 11 is 11.7. The Labute approximate surface area is 103 Å². The van der Waals surface area contributed by atoms with Crippen LogP contribution in [0.2, 0.25) is 10.0 Å². The van der Waals surface area contributed by atoms with E-state index in [4.69, 9.17) is 28.9 Å². The van der Waals surface area contributed by atoms with Gasteiger partial charge in [0.15, 0.2) is 0 Å². The van der Waals surface area contributed by atoms with Crippen LogP contribution in [0.4, 0.5) is 0 Å². The Kier molecular flexibility index (Phi) is 4.73. The van der Waals surface area contributed by atoms with Crippen LogP contribution in [0.25, 0.3) is 0 Å². The van der Waals surface area contributed by atoms with Crippen molar-refractivity contribution < 1.29 is 4.79 Å². The molecule has 0 fully saturated rings. The van der Waals surface area contributed by atoms with E-state index in [1.165, 1.54) is 0 Å². The van der Waals surface area contributed by atoms with E-state index >= 15 is 0 Å². The van der Waals surface area contributed by atoms with Crippen LogP contribution < -0.4 is 11.2 Å². The molecule has 0 atom stereocenters. The van der Waals surface area contributed by atoms with Gasteiger partial charge in [-0.1, -0.05) is 29.3 Å². The van der Waals surface area contributed by atoms with Gasteiger partial charge in [-0.2, -0.15) is 5.10 Å². The lowest BCUT2D eigenvalue weighted by Gasteiger charge is -2.04. The SMILES string of the molecule is C/C(=N/NC(=O)CN)c1ccc(Cl)cc1Cl. The number of carbonyl (C=O) groups is 1. The van der Waals surface area contributed by atoms with Gasteiger partial charge in [0, 0.05) is 10.6 Å². The van der Waals surface area contributed by atoms with Crippen molar-refractivity contribution in [3.8, 4) is 0 Å². The highest BCUT2D eigenvalue weighted by molar-refractivity contribution is 6.37. The molecule has 0 aromatic heterocycles. The van der Waals surface area contributed by atoms with Gasteiger partial charge in [-0.3, -0.25) is 4.79 Å². The lowest BCUT2D eigenvalue weighted by Crippen LogP contribution is -2.27.